The molecule has 2 aliphatic rings. The molecule has 0 saturated carbocycles. The molecule has 1 saturated heterocycles. The molecule has 112 valence electrons. The standard InChI is InChI=1S/C17H20O4/c1-10(18)15-8-16-12(6-13(15)9-20-11(2)19)7-14-4-5-17(16,3)21-14/h6,8,14H,4-5,7,9H2,1-3H3/t14-,17+/m0/s1. The van der Waals surface area contributed by atoms with Crippen LogP contribution in [0.15, 0.2) is 12.1 Å². The van der Waals surface area contributed by atoms with Crippen LogP contribution in [-0.2, 0) is 32.9 Å². The van der Waals surface area contributed by atoms with Crippen LogP contribution in [0, 0.1) is 0 Å². The fourth-order valence-corrected chi connectivity index (χ4v) is 3.49. The van der Waals surface area contributed by atoms with Crippen molar-refractivity contribution in [2.45, 2.75) is 58.3 Å². The number of ketones is 1. The van der Waals surface area contributed by atoms with Gasteiger partial charge in [0.05, 0.1) is 11.7 Å². The molecular formula is C17H20O4. The van der Waals surface area contributed by atoms with Crippen LogP contribution in [-0.4, -0.2) is 17.9 Å². The molecule has 0 spiro atoms. The lowest BCUT2D eigenvalue weighted by atomic mass is 9.85. The second-order valence-corrected chi connectivity index (χ2v) is 6.22. The van der Waals surface area contributed by atoms with Crippen LogP contribution in [0.1, 0.15) is 60.7 Å². The maximum absolute atomic E-state index is 11.9. The number of esters is 1. The first-order chi connectivity index (χ1) is 9.89. The number of rotatable bonds is 3. The summed E-state index contributed by atoms with van der Waals surface area (Å²) in [6.07, 6.45) is 3.19. The lowest BCUT2D eigenvalue weighted by Crippen LogP contribution is -2.30. The molecule has 1 fully saturated rings. The van der Waals surface area contributed by atoms with Gasteiger partial charge in [0.1, 0.15) is 6.61 Å². The van der Waals surface area contributed by atoms with Crippen LogP contribution in [0.5, 0.6) is 0 Å². The molecule has 1 aromatic carbocycles. The minimum Gasteiger partial charge on any atom is -0.461 e. The molecule has 21 heavy (non-hydrogen) atoms. The van der Waals surface area contributed by atoms with E-state index in [4.69, 9.17) is 9.47 Å². The molecular weight excluding hydrogens is 268 g/mol. The van der Waals surface area contributed by atoms with Gasteiger partial charge < -0.3 is 9.47 Å². The first-order valence-electron chi connectivity index (χ1n) is 7.37. The topological polar surface area (TPSA) is 52.6 Å². The molecule has 0 radical (unpaired) electrons. The third-order valence-electron chi connectivity index (χ3n) is 4.53. The molecule has 4 heteroatoms. The third kappa shape index (κ3) is 2.48. The Hall–Kier alpha value is -1.68. The number of hydrogen-bond donors (Lipinski definition) is 0. The van der Waals surface area contributed by atoms with Gasteiger partial charge in [0, 0.05) is 18.1 Å². The highest BCUT2D eigenvalue weighted by Gasteiger charge is 2.43. The quantitative estimate of drug-likeness (QED) is 0.634. The SMILES string of the molecule is CC(=O)OCc1cc2c(cc1C(C)=O)[C@@]1(C)CC[C@@H](C2)O1. The molecule has 0 amide bonds. The fourth-order valence-electron chi connectivity index (χ4n) is 3.49. The third-order valence-corrected chi connectivity index (χ3v) is 4.53. The lowest BCUT2D eigenvalue weighted by molar-refractivity contribution is -0.142. The van der Waals surface area contributed by atoms with E-state index in [2.05, 4.69) is 6.92 Å². The van der Waals surface area contributed by atoms with E-state index in [9.17, 15) is 9.59 Å². The van der Waals surface area contributed by atoms with Crippen molar-refractivity contribution in [3.8, 4) is 0 Å². The Morgan fingerprint density at radius 2 is 2.14 bits per heavy atom. The fraction of sp³-hybridized carbons (Fsp3) is 0.529. The molecule has 2 bridgehead atoms. The summed E-state index contributed by atoms with van der Waals surface area (Å²) in [5.41, 5.74) is 3.49. The van der Waals surface area contributed by atoms with Gasteiger partial charge in [0.15, 0.2) is 5.78 Å². The van der Waals surface area contributed by atoms with Gasteiger partial charge in [-0.3, -0.25) is 9.59 Å². The molecule has 1 aromatic rings. The minimum atomic E-state index is -0.336. The zero-order valence-corrected chi connectivity index (χ0v) is 12.7. The number of Topliss-reactive ketones (excluding diaryl/α,β-unsaturated/α-hetero) is 1. The Bertz CT molecular complexity index is 619. The highest BCUT2D eigenvalue weighted by atomic mass is 16.5. The van der Waals surface area contributed by atoms with Crippen LogP contribution in [0.4, 0.5) is 0 Å². The molecule has 0 aromatic heterocycles. The Labute approximate surface area is 124 Å². The van der Waals surface area contributed by atoms with Crippen LogP contribution in [0.3, 0.4) is 0 Å². The summed E-state index contributed by atoms with van der Waals surface area (Å²) in [4.78, 5) is 23.0. The number of fused-ring (bicyclic) bond motifs is 4. The molecule has 2 aliphatic heterocycles. The van der Waals surface area contributed by atoms with Gasteiger partial charge in [-0.1, -0.05) is 6.07 Å². The van der Waals surface area contributed by atoms with E-state index in [1.807, 2.05) is 12.1 Å². The molecule has 3 rings (SSSR count). The van der Waals surface area contributed by atoms with Crippen LogP contribution in [0.2, 0.25) is 0 Å². The molecule has 2 atom stereocenters. The summed E-state index contributed by atoms with van der Waals surface area (Å²) in [5.74, 6) is -0.346. The highest BCUT2D eigenvalue weighted by molar-refractivity contribution is 5.96. The van der Waals surface area contributed by atoms with Gasteiger partial charge in [-0.05, 0) is 50.3 Å². The van der Waals surface area contributed by atoms with E-state index in [1.165, 1.54) is 12.5 Å². The van der Waals surface area contributed by atoms with Crippen molar-refractivity contribution in [3.63, 3.8) is 0 Å². The number of hydrogen-bond acceptors (Lipinski definition) is 4. The van der Waals surface area contributed by atoms with Gasteiger partial charge in [-0.2, -0.15) is 0 Å². The summed E-state index contributed by atoms with van der Waals surface area (Å²) in [6, 6.07) is 3.96. The van der Waals surface area contributed by atoms with Crippen molar-refractivity contribution < 1.29 is 19.1 Å². The summed E-state index contributed by atoms with van der Waals surface area (Å²) in [7, 11) is 0. The van der Waals surface area contributed by atoms with Gasteiger partial charge in [-0.25, -0.2) is 0 Å². The van der Waals surface area contributed by atoms with Crippen molar-refractivity contribution >= 4 is 11.8 Å². The Kier molecular flexibility index (Phi) is 3.36. The average Bonchev–Trinajstić information content (AvgIpc) is 2.72. The van der Waals surface area contributed by atoms with Crippen LogP contribution < -0.4 is 0 Å². The van der Waals surface area contributed by atoms with Gasteiger partial charge in [0.25, 0.3) is 0 Å². The largest absolute Gasteiger partial charge is 0.461 e. The normalized spacial score (nSPS) is 26.3. The second-order valence-electron chi connectivity index (χ2n) is 6.22. The van der Waals surface area contributed by atoms with E-state index in [1.54, 1.807) is 6.92 Å². The monoisotopic (exact) mass is 288 g/mol. The van der Waals surface area contributed by atoms with E-state index >= 15 is 0 Å². The molecule has 4 nitrogen and oxygen atoms in total. The summed E-state index contributed by atoms with van der Waals surface area (Å²) < 4.78 is 11.2. The second kappa shape index (κ2) is 4.95. The van der Waals surface area contributed by atoms with Gasteiger partial charge in [-0.15, -0.1) is 0 Å². The van der Waals surface area contributed by atoms with Crippen LogP contribution in [0.25, 0.3) is 0 Å². The lowest BCUT2D eigenvalue weighted by Gasteiger charge is -2.33. The molecule has 0 aliphatic carbocycles. The Morgan fingerprint density at radius 3 is 2.81 bits per heavy atom. The van der Waals surface area contributed by atoms with E-state index in [0.717, 1.165) is 30.4 Å². The number of benzene rings is 1. The zero-order valence-electron chi connectivity index (χ0n) is 12.7. The maximum Gasteiger partial charge on any atom is 0.302 e. The highest BCUT2D eigenvalue weighted by Crippen LogP contribution is 2.46. The Balaban J connectivity index is 2.05. The molecule has 0 unspecified atom stereocenters. The smallest absolute Gasteiger partial charge is 0.302 e. The zero-order chi connectivity index (χ0) is 15.2. The van der Waals surface area contributed by atoms with Crippen molar-refractivity contribution in [2.75, 3.05) is 0 Å². The van der Waals surface area contributed by atoms with E-state index in [-0.39, 0.29) is 30.1 Å². The predicted octanol–water partition coefficient (Wildman–Crippen LogP) is 2.90. The Morgan fingerprint density at radius 1 is 1.38 bits per heavy atom. The molecule has 0 N–H and O–H groups in total. The van der Waals surface area contributed by atoms with Crippen LogP contribution >= 0.6 is 0 Å². The van der Waals surface area contributed by atoms with Crippen molar-refractivity contribution in [3.05, 3.63) is 34.4 Å². The van der Waals surface area contributed by atoms with E-state index in [0.29, 0.717) is 5.56 Å². The molecule has 2 heterocycles. The number of carbonyl (C=O) groups is 2. The number of ether oxygens (including phenoxy) is 2. The first kappa shape index (κ1) is 14.3. The van der Waals surface area contributed by atoms with Gasteiger partial charge >= 0.3 is 5.97 Å². The summed E-state index contributed by atoms with van der Waals surface area (Å²) in [6.45, 7) is 5.17. The average molecular weight is 288 g/mol. The van der Waals surface area contributed by atoms with Crippen molar-refractivity contribution in [2.24, 2.45) is 0 Å². The van der Waals surface area contributed by atoms with E-state index < -0.39 is 0 Å². The van der Waals surface area contributed by atoms with Crippen molar-refractivity contribution in [1.82, 2.24) is 0 Å². The van der Waals surface area contributed by atoms with Crippen molar-refractivity contribution in [1.29, 1.82) is 0 Å². The first-order valence-corrected chi connectivity index (χ1v) is 7.37. The number of carbonyl (C=O) groups excluding carboxylic acids is 2. The minimum absolute atomic E-state index is 0.0105. The summed E-state index contributed by atoms with van der Waals surface area (Å²) in [5, 5.41) is 0. The maximum atomic E-state index is 11.9. The summed E-state index contributed by atoms with van der Waals surface area (Å²) >= 11 is 0. The van der Waals surface area contributed by atoms with Gasteiger partial charge in [0.2, 0.25) is 0 Å². The predicted molar refractivity (Wildman–Crippen MR) is 77.1 cm³/mol.